The standard InChI is InChI=1S/C19H18O3/c20-18(17-12-5-2-6-13-17)15-22-19(21)14-8-7-11-16-9-3-1-4-10-16/h1-6,8-10,12-14H,7,11,15H2/b14-8+. The minimum atomic E-state index is -0.489. The van der Waals surface area contributed by atoms with Crippen LogP contribution in [-0.2, 0) is 16.0 Å². The zero-order chi connectivity index (χ0) is 15.6. The summed E-state index contributed by atoms with van der Waals surface area (Å²) < 4.78 is 4.94. The normalized spacial score (nSPS) is 10.5. The summed E-state index contributed by atoms with van der Waals surface area (Å²) in [7, 11) is 0. The number of allylic oxidation sites excluding steroid dienone is 1. The van der Waals surface area contributed by atoms with Crippen LogP contribution in [0.25, 0.3) is 0 Å². The average Bonchev–Trinajstić information content (AvgIpc) is 2.58. The van der Waals surface area contributed by atoms with Crippen LogP contribution in [0.1, 0.15) is 22.3 Å². The Morgan fingerprint density at radius 1 is 0.909 bits per heavy atom. The molecule has 0 saturated heterocycles. The number of benzene rings is 2. The Morgan fingerprint density at radius 2 is 1.55 bits per heavy atom. The van der Waals surface area contributed by atoms with Crippen molar-refractivity contribution < 1.29 is 14.3 Å². The fourth-order valence-corrected chi connectivity index (χ4v) is 1.97. The van der Waals surface area contributed by atoms with E-state index in [-0.39, 0.29) is 12.4 Å². The predicted molar refractivity (Wildman–Crippen MR) is 85.6 cm³/mol. The van der Waals surface area contributed by atoms with Crippen LogP contribution in [0.3, 0.4) is 0 Å². The highest BCUT2D eigenvalue weighted by molar-refractivity contribution is 5.98. The molecule has 2 aromatic carbocycles. The number of hydrogen-bond acceptors (Lipinski definition) is 3. The second-order valence-corrected chi connectivity index (χ2v) is 4.82. The van der Waals surface area contributed by atoms with Gasteiger partial charge in [0.2, 0.25) is 0 Å². The molecule has 0 radical (unpaired) electrons. The zero-order valence-corrected chi connectivity index (χ0v) is 12.3. The van der Waals surface area contributed by atoms with Gasteiger partial charge in [0.1, 0.15) is 0 Å². The second kappa shape index (κ2) is 8.57. The van der Waals surface area contributed by atoms with E-state index in [1.807, 2.05) is 36.4 Å². The van der Waals surface area contributed by atoms with Gasteiger partial charge in [-0.2, -0.15) is 0 Å². The minimum Gasteiger partial charge on any atom is -0.454 e. The highest BCUT2D eigenvalue weighted by atomic mass is 16.5. The van der Waals surface area contributed by atoms with E-state index in [1.165, 1.54) is 11.6 Å². The summed E-state index contributed by atoms with van der Waals surface area (Å²) >= 11 is 0. The molecule has 0 aliphatic carbocycles. The monoisotopic (exact) mass is 294 g/mol. The quantitative estimate of drug-likeness (QED) is 0.445. The number of aryl methyl sites for hydroxylation is 1. The van der Waals surface area contributed by atoms with E-state index in [2.05, 4.69) is 0 Å². The lowest BCUT2D eigenvalue weighted by atomic mass is 10.1. The van der Waals surface area contributed by atoms with Crippen LogP contribution in [0.4, 0.5) is 0 Å². The van der Waals surface area contributed by atoms with Gasteiger partial charge in [-0.3, -0.25) is 4.79 Å². The molecule has 0 bridgehead atoms. The van der Waals surface area contributed by atoms with Gasteiger partial charge in [-0.15, -0.1) is 0 Å². The molecule has 0 spiro atoms. The molecule has 0 saturated carbocycles. The number of Topliss-reactive ketones (excluding diaryl/α,β-unsaturated/α-hetero) is 1. The van der Waals surface area contributed by atoms with Crippen molar-refractivity contribution >= 4 is 11.8 Å². The molecule has 3 nitrogen and oxygen atoms in total. The van der Waals surface area contributed by atoms with Crippen molar-refractivity contribution in [3.63, 3.8) is 0 Å². The number of carbonyl (C=O) groups excluding carboxylic acids is 2. The summed E-state index contributed by atoms with van der Waals surface area (Å²) in [5.41, 5.74) is 1.77. The Kier molecular flexibility index (Phi) is 6.12. The van der Waals surface area contributed by atoms with Crippen LogP contribution < -0.4 is 0 Å². The van der Waals surface area contributed by atoms with Gasteiger partial charge in [0.05, 0.1) is 0 Å². The Hall–Kier alpha value is -2.68. The average molecular weight is 294 g/mol. The van der Waals surface area contributed by atoms with Crippen LogP contribution in [0.15, 0.2) is 72.8 Å². The summed E-state index contributed by atoms with van der Waals surface area (Å²) in [5, 5.41) is 0. The van der Waals surface area contributed by atoms with Gasteiger partial charge in [-0.25, -0.2) is 4.79 Å². The molecule has 0 aromatic heterocycles. The zero-order valence-electron chi connectivity index (χ0n) is 12.3. The third-order valence-electron chi connectivity index (χ3n) is 3.14. The molecule has 3 heteroatoms. The fraction of sp³-hybridized carbons (Fsp3) is 0.158. The van der Waals surface area contributed by atoms with Gasteiger partial charge < -0.3 is 4.74 Å². The number of ketones is 1. The minimum absolute atomic E-state index is 0.202. The van der Waals surface area contributed by atoms with Crippen molar-refractivity contribution in [2.75, 3.05) is 6.61 Å². The molecule has 0 aliphatic heterocycles. The van der Waals surface area contributed by atoms with Gasteiger partial charge in [0.15, 0.2) is 12.4 Å². The topological polar surface area (TPSA) is 43.4 Å². The molecule has 0 unspecified atom stereocenters. The van der Waals surface area contributed by atoms with Gasteiger partial charge >= 0.3 is 5.97 Å². The molecule has 2 rings (SSSR count). The SMILES string of the molecule is O=C(/C=C/CCc1ccccc1)OCC(=O)c1ccccc1. The van der Waals surface area contributed by atoms with Crippen molar-refractivity contribution in [3.8, 4) is 0 Å². The Balaban J connectivity index is 1.69. The molecule has 0 heterocycles. The van der Waals surface area contributed by atoms with Crippen LogP contribution in [0.2, 0.25) is 0 Å². The fourth-order valence-electron chi connectivity index (χ4n) is 1.97. The van der Waals surface area contributed by atoms with E-state index in [4.69, 9.17) is 4.74 Å². The van der Waals surface area contributed by atoms with E-state index >= 15 is 0 Å². The van der Waals surface area contributed by atoms with Gasteiger partial charge in [0, 0.05) is 11.6 Å². The van der Waals surface area contributed by atoms with Crippen molar-refractivity contribution in [1.29, 1.82) is 0 Å². The smallest absolute Gasteiger partial charge is 0.330 e. The van der Waals surface area contributed by atoms with Gasteiger partial charge in [-0.1, -0.05) is 66.7 Å². The van der Waals surface area contributed by atoms with Crippen molar-refractivity contribution in [2.45, 2.75) is 12.8 Å². The first kappa shape index (κ1) is 15.7. The maximum atomic E-state index is 11.8. The molecule has 0 fully saturated rings. The third-order valence-corrected chi connectivity index (χ3v) is 3.14. The molecule has 22 heavy (non-hydrogen) atoms. The second-order valence-electron chi connectivity index (χ2n) is 4.82. The van der Waals surface area contributed by atoms with Crippen LogP contribution in [-0.4, -0.2) is 18.4 Å². The highest BCUT2D eigenvalue weighted by Gasteiger charge is 2.07. The van der Waals surface area contributed by atoms with Crippen molar-refractivity contribution in [1.82, 2.24) is 0 Å². The van der Waals surface area contributed by atoms with Crippen molar-refractivity contribution in [2.24, 2.45) is 0 Å². The Labute approximate surface area is 130 Å². The molecule has 0 aliphatic rings. The van der Waals surface area contributed by atoms with Gasteiger partial charge in [0.25, 0.3) is 0 Å². The summed E-state index contributed by atoms with van der Waals surface area (Å²) in [6, 6.07) is 18.8. The largest absolute Gasteiger partial charge is 0.454 e. The number of ether oxygens (including phenoxy) is 1. The highest BCUT2D eigenvalue weighted by Crippen LogP contribution is 2.03. The summed E-state index contributed by atoms with van der Waals surface area (Å²) in [5.74, 6) is -0.691. The van der Waals surface area contributed by atoms with Crippen molar-refractivity contribution in [3.05, 3.63) is 83.9 Å². The van der Waals surface area contributed by atoms with Crippen LogP contribution in [0.5, 0.6) is 0 Å². The van der Waals surface area contributed by atoms with Gasteiger partial charge in [-0.05, 0) is 18.4 Å². The molecule has 0 N–H and O–H groups in total. The molecule has 0 amide bonds. The summed E-state index contributed by atoms with van der Waals surface area (Å²) in [6.07, 6.45) is 4.77. The molecule has 112 valence electrons. The first-order chi connectivity index (χ1) is 10.8. The molecule has 0 atom stereocenters. The van der Waals surface area contributed by atoms with E-state index in [9.17, 15) is 9.59 Å². The predicted octanol–water partition coefficient (Wildman–Crippen LogP) is 3.60. The van der Waals surface area contributed by atoms with Crippen LogP contribution >= 0.6 is 0 Å². The molecular formula is C19H18O3. The Morgan fingerprint density at radius 3 is 2.23 bits per heavy atom. The van der Waals surface area contributed by atoms with Crippen LogP contribution in [0, 0.1) is 0 Å². The third kappa shape index (κ3) is 5.37. The number of esters is 1. The summed E-state index contributed by atoms with van der Waals surface area (Å²) in [4.78, 5) is 23.3. The lowest BCUT2D eigenvalue weighted by Crippen LogP contribution is -2.12. The lowest BCUT2D eigenvalue weighted by molar-refractivity contribution is -0.136. The van der Waals surface area contributed by atoms with E-state index in [0.717, 1.165) is 12.8 Å². The molecular weight excluding hydrogens is 276 g/mol. The number of carbonyl (C=O) groups is 2. The first-order valence-corrected chi connectivity index (χ1v) is 7.21. The van der Waals surface area contributed by atoms with E-state index < -0.39 is 5.97 Å². The van der Waals surface area contributed by atoms with E-state index in [0.29, 0.717) is 5.56 Å². The lowest BCUT2D eigenvalue weighted by Gasteiger charge is -2.01. The maximum Gasteiger partial charge on any atom is 0.330 e. The first-order valence-electron chi connectivity index (χ1n) is 7.21. The summed E-state index contributed by atoms with van der Waals surface area (Å²) in [6.45, 7) is -0.230. The Bertz CT molecular complexity index is 630. The number of rotatable bonds is 7. The molecule has 2 aromatic rings. The van der Waals surface area contributed by atoms with E-state index in [1.54, 1.807) is 30.3 Å². The number of hydrogen-bond donors (Lipinski definition) is 0. The maximum absolute atomic E-state index is 11.8.